The molecule has 0 bridgehead atoms. The van der Waals surface area contributed by atoms with Gasteiger partial charge in [-0.1, -0.05) is 18.2 Å². The molecular weight excluding hydrogens is 370 g/mol. The van der Waals surface area contributed by atoms with Crippen LogP contribution in [0.5, 0.6) is 0 Å². The zero-order chi connectivity index (χ0) is 20.7. The maximum absolute atomic E-state index is 5.08. The van der Waals surface area contributed by atoms with Crippen LogP contribution in [0.3, 0.4) is 0 Å². The summed E-state index contributed by atoms with van der Waals surface area (Å²) < 4.78 is 2.33. The molecule has 2 aromatic heterocycles. The van der Waals surface area contributed by atoms with E-state index in [-0.39, 0.29) is 0 Å². The number of rotatable bonds is 5. The molecular formula is C25H33N5. The van der Waals surface area contributed by atoms with Gasteiger partial charge in [-0.2, -0.15) is 0 Å². The average molecular weight is 404 g/mol. The Morgan fingerprint density at radius 3 is 2.33 bits per heavy atom. The molecule has 1 aromatic carbocycles. The number of fused-ring (bicyclic) bond motifs is 1. The number of piperazine rings is 1. The third-order valence-corrected chi connectivity index (χ3v) is 7.12. The Labute approximate surface area is 179 Å². The first-order chi connectivity index (χ1) is 14.5. The van der Waals surface area contributed by atoms with Crippen molar-refractivity contribution in [1.82, 2.24) is 14.5 Å². The van der Waals surface area contributed by atoms with E-state index in [9.17, 15) is 0 Å². The van der Waals surface area contributed by atoms with Gasteiger partial charge in [0.15, 0.2) is 0 Å². The molecule has 0 spiro atoms. The Balaban J connectivity index is 1.28. The third kappa shape index (κ3) is 3.56. The number of benzene rings is 1. The number of likely N-dealkylation sites (tertiary alicyclic amines) is 1. The molecule has 5 rings (SSSR count). The van der Waals surface area contributed by atoms with E-state index in [0.717, 1.165) is 50.7 Å². The minimum Gasteiger partial charge on any atom is -0.368 e. The van der Waals surface area contributed by atoms with E-state index < -0.39 is 0 Å². The maximum Gasteiger partial charge on any atom is 0.142 e. The molecule has 5 nitrogen and oxygen atoms in total. The van der Waals surface area contributed by atoms with Crippen molar-refractivity contribution in [3.63, 3.8) is 0 Å². The standard InChI is InChI=1S/C25H33N5/c1-20-6-4-5-7-22(20)27-14-16-28(17-15-27)23-9-8-21-10-12-29(24(21)26-23)18-19-30-13-11-25(30,2)3/h4-10,12H,11,13-19H2,1-3H3. The van der Waals surface area contributed by atoms with Gasteiger partial charge in [0.2, 0.25) is 0 Å². The van der Waals surface area contributed by atoms with Crippen molar-refractivity contribution in [2.45, 2.75) is 39.3 Å². The van der Waals surface area contributed by atoms with Crippen molar-refractivity contribution in [3.8, 4) is 0 Å². The van der Waals surface area contributed by atoms with Gasteiger partial charge < -0.3 is 14.4 Å². The number of anilines is 2. The van der Waals surface area contributed by atoms with Crippen LogP contribution in [0.4, 0.5) is 11.5 Å². The van der Waals surface area contributed by atoms with Gasteiger partial charge in [0.05, 0.1) is 0 Å². The summed E-state index contributed by atoms with van der Waals surface area (Å²) in [6.45, 7) is 14.3. The Kier molecular flexibility index (Phi) is 4.94. The maximum atomic E-state index is 5.08. The molecule has 2 fully saturated rings. The molecule has 3 aromatic rings. The molecule has 158 valence electrons. The first kappa shape index (κ1) is 19.4. The van der Waals surface area contributed by atoms with Crippen LogP contribution in [0.25, 0.3) is 11.0 Å². The molecule has 2 saturated heterocycles. The van der Waals surface area contributed by atoms with Crippen molar-refractivity contribution < 1.29 is 0 Å². The highest BCUT2D eigenvalue weighted by atomic mass is 15.3. The fourth-order valence-electron chi connectivity index (χ4n) is 4.86. The van der Waals surface area contributed by atoms with E-state index in [2.05, 4.69) is 88.7 Å². The van der Waals surface area contributed by atoms with Gasteiger partial charge in [0.25, 0.3) is 0 Å². The highest BCUT2D eigenvalue weighted by molar-refractivity contribution is 5.78. The van der Waals surface area contributed by atoms with Crippen LogP contribution < -0.4 is 9.80 Å². The van der Waals surface area contributed by atoms with Gasteiger partial charge in [-0.05, 0) is 57.0 Å². The quantitative estimate of drug-likeness (QED) is 0.639. The van der Waals surface area contributed by atoms with Crippen molar-refractivity contribution in [1.29, 1.82) is 0 Å². The van der Waals surface area contributed by atoms with Gasteiger partial charge >= 0.3 is 0 Å². The monoisotopic (exact) mass is 403 g/mol. The van der Waals surface area contributed by atoms with Crippen molar-refractivity contribution in [2.24, 2.45) is 0 Å². The van der Waals surface area contributed by atoms with Crippen molar-refractivity contribution in [3.05, 3.63) is 54.2 Å². The molecule has 2 aliphatic rings. The van der Waals surface area contributed by atoms with Gasteiger partial charge in [-0.15, -0.1) is 0 Å². The van der Waals surface area contributed by atoms with E-state index in [0.29, 0.717) is 5.54 Å². The molecule has 0 radical (unpaired) electrons. The van der Waals surface area contributed by atoms with Crippen molar-refractivity contribution >= 4 is 22.5 Å². The number of para-hydroxylation sites is 1. The lowest BCUT2D eigenvalue weighted by Crippen LogP contribution is -2.56. The fourth-order valence-corrected chi connectivity index (χ4v) is 4.86. The second-order valence-corrected chi connectivity index (χ2v) is 9.40. The van der Waals surface area contributed by atoms with Crippen LogP contribution in [-0.2, 0) is 6.54 Å². The molecule has 0 unspecified atom stereocenters. The second kappa shape index (κ2) is 7.62. The van der Waals surface area contributed by atoms with Crippen LogP contribution in [0.15, 0.2) is 48.7 Å². The normalized spacial score (nSPS) is 19.3. The molecule has 30 heavy (non-hydrogen) atoms. The minimum absolute atomic E-state index is 0.359. The number of hydrogen-bond acceptors (Lipinski definition) is 4. The lowest BCUT2D eigenvalue weighted by Gasteiger charge is -2.48. The number of pyridine rings is 1. The summed E-state index contributed by atoms with van der Waals surface area (Å²) in [4.78, 5) is 12.6. The zero-order valence-electron chi connectivity index (χ0n) is 18.5. The minimum atomic E-state index is 0.359. The number of aromatic nitrogens is 2. The largest absolute Gasteiger partial charge is 0.368 e. The summed E-state index contributed by atoms with van der Waals surface area (Å²) in [5.74, 6) is 1.11. The van der Waals surface area contributed by atoms with Crippen LogP contribution in [0.1, 0.15) is 25.8 Å². The lowest BCUT2D eigenvalue weighted by atomic mass is 9.89. The molecule has 4 heterocycles. The summed E-state index contributed by atoms with van der Waals surface area (Å²) in [5.41, 5.74) is 4.20. The number of aryl methyl sites for hydroxylation is 1. The molecule has 0 aliphatic carbocycles. The predicted molar refractivity (Wildman–Crippen MR) is 126 cm³/mol. The predicted octanol–water partition coefficient (Wildman–Crippen LogP) is 4.16. The van der Waals surface area contributed by atoms with Crippen LogP contribution in [-0.4, -0.2) is 59.3 Å². The second-order valence-electron chi connectivity index (χ2n) is 9.40. The van der Waals surface area contributed by atoms with Gasteiger partial charge in [-0.3, -0.25) is 4.90 Å². The fraction of sp³-hybridized carbons (Fsp3) is 0.480. The Hall–Kier alpha value is -2.53. The lowest BCUT2D eigenvalue weighted by molar-refractivity contribution is 0.0134. The van der Waals surface area contributed by atoms with Crippen molar-refractivity contribution in [2.75, 3.05) is 49.1 Å². The van der Waals surface area contributed by atoms with E-state index >= 15 is 0 Å². The number of hydrogen-bond donors (Lipinski definition) is 0. The van der Waals surface area contributed by atoms with Gasteiger partial charge in [0, 0.05) is 68.6 Å². The van der Waals surface area contributed by atoms with Crippen LogP contribution >= 0.6 is 0 Å². The highest BCUT2D eigenvalue weighted by Gasteiger charge is 2.35. The van der Waals surface area contributed by atoms with E-state index in [1.165, 1.54) is 29.6 Å². The topological polar surface area (TPSA) is 27.5 Å². The molecule has 0 N–H and O–H groups in total. The van der Waals surface area contributed by atoms with E-state index in [1.807, 2.05) is 0 Å². The smallest absolute Gasteiger partial charge is 0.142 e. The summed E-state index contributed by atoms with van der Waals surface area (Å²) in [5, 5.41) is 1.24. The SMILES string of the molecule is Cc1ccccc1N1CCN(c2ccc3ccn(CCN4CCC4(C)C)c3n2)CC1. The van der Waals surface area contributed by atoms with Gasteiger partial charge in [0.1, 0.15) is 11.5 Å². The summed E-state index contributed by atoms with van der Waals surface area (Å²) >= 11 is 0. The first-order valence-corrected chi connectivity index (χ1v) is 11.3. The summed E-state index contributed by atoms with van der Waals surface area (Å²) in [6.07, 6.45) is 3.50. The van der Waals surface area contributed by atoms with Crippen LogP contribution in [0.2, 0.25) is 0 Å². The van der Waals surface area contributed by atoms with Gasteiger partial charge in [-0.25, -0.2) is 4.98 Å². The van der Waals surface area contributed by atoms with Crippen LogP contribution in [0, 0.1) is 6.92 Å². The van der Waals surface area contributed by atoms with E-state index in [4.69, 9.17) is 4.98 Å². The Morgan fingerprint density at radius 2 is 1.63 bits per heavy atom. The number of nitrogens with zero attached hydrogens (tertiary/aromatic N) is 5. The molecule has 5 heteroatoms. The summed E-state index contributed by atoms with van der Waals surface area (Å²) in [6, 6.07) is 15.3. The Bertz CT molecular complexity index is 1030. The molecule has 0 amide bonds. The average Bonchev–Trinajstić information content (AvgIpc) is 3.16. The summed E-state index contributed by atoms with van der Waals surface area (Å²) in [7, 11) is 0. The van der Waals surface area contributed by atoms with E-state index in [1.54, 1.807) is 0 Å². The third-order valence-electron chi connectivity index (χ3n) is 7.12. The molecule has 0 saturated carbocycles. The Morgan fingerprint density at radius 1 is 0.867 bits per heavy atom. The first-order valence-electron chi connectivity index (χ1n) is 11.3. The highest BCUT2D eigenvalue weighted by Crippen LogP contribution is 2.29. The molecule has 0 atom stereocenters. The zero-order valence-corrected chi connectivity index (χ0v) is 18.5. The molecule has 2 aliphatic heterocycles.